The third-order valence-corrected chi connectivity index (χ3v) is 4.43. The highest BCUT2D eigenvalue weighted by Crippen LogP contribution is 2.30. The molecule has 1 atom stereocenters. The highest BCUT2D eigenvalue weighted by Gasteiger charge is 2.27. The zero-order valence-electron chi connectivity index (χ0n) is 11.0. The summed E-state index contributed by atoms with van der Waals surface area (Å²) in [6.07, 6.45) is 1.66. The first-order valence-corrected chi connectivity index (χ1v) is 7.20. The molecule has 0 heterocycles. The molecule has 0 bridgehead atoms. The van der Waals surface area contributed by atoms with E-state index >= 15 is 0 Å². The van der Waals surface area contributed by atoms with Crippen molar-refractivity contribution in [3.8, 4) is 0 Å². The summed E-state index contributed by atoms with van der Waals surface area (Å²) in [5, 5.41) is 10.9. The minimum Gasteiger partial charge on any atom is -0.392 e. The number of hydrogen-bond acceptors (Lipinski definition) is 1. The lowest BCUT2D eigenvalue weighted by Crippen LogP contribution is -2.23. The molecule has 1 N–H and O–H groups in total. The summed E-state index contributed by atoms with van der Waals surface area (Å²) in [7, 11) is 0. The minimum absolute atomic E-state index is 0.187. The van der Waals surface area contributed by atoms with Crippen LogP contribution in [0, 0.1) is 11.7 Å². The van der Waals surface area contributed by atoms with Gasteiger partial charge in [0.1, 0.15) is 5.82 Å². The average Bonchev–Trinajstić information content (AvgIpc) is 2.87. The van der Waals surface area contributed by atoms with Gasteiger partial charge in [0.25, 0.3) is 0 Å². The molecule has 3 heteroatoms. The van der Waals surface area contributed by atoms with Crippen molar-refractivity contribution in [1.29, 1.82) is 0 Å². The minimum atomic E-state index is -0.498. The summed E-state index contributed by atoms with van der Waals surface area (Å²) in [4.78, 5) is 0. The van der Waals surface area contributed by atoms with Crippen LogP contribution in [0.1, 0.15) is 16.7 Å². The number of halogens is 2. The van der Waals surface area contributed by atoms with Crippen LogP contribution < -0.4 is 0 Å². The van der Waals surface area contributed by atoms with Crippen molar-refractivity contribution in [2.24, 2.45) is 5.92 Å². The second kappa shape index (κ2) is 5.55. The van der Waals surface area contributed by atoms with Gasteiger partial charge in [0.2, 0.25) is 0 Å². The first-order chi connectivity index (χ1) is 9.63. The number of rotatable bonds is 3. The lowest BCUT2D eigenvalue weighted by atomic mass is 9.93. The number of aliphatic hydroxyl groups is 1. The molecule has 0 spiro atoms. The molecule has 0 saturated carbocycles. The second-order valence-corrected chi connectivity index (χ2v) is 5.85. The maximum Gasteiger partial charge on any atom is 0.123 e. The van der Waals surface area contributed by atoms with E-state index in [0.29, 0.717) is 17.0 Å². The number of hydrogen-bond donors (Lipinski definition) is 1. The Labute approximate surface area is 123 Å². The number of aliphatic hydroxyl groups excluding tert-OH is 1. The zero-order valence-corrected chi connectivity index (χ0v) is 11.8. The lowest BCUT2D eigenvalue weighted by Gasteiger charge is -2.18. The van der Waals surface area contributed by atoms with E-state index in [0.717, 1.165) is 12.8 Å². The van der Waals surface area contributed by atoms with E-state index < -0.39 is 6.10 Å². The molecule has 0 aliphatic heterocycles. The molecule has 20 heavy (non-hydrogen) atoms. The molecule has 1 nitrogen and oxygen atoms in total. The first-order valence-electron chi connectivity index (χ1n) is 6.82. The Morgan fingerprint density at radius 1 is 1.15 bits per heavy atom. The Morgan fingerprint density at radius 3 is 2.45 bits per heavy atom. The van der Waals surface area contributed by atoms with Crippen molar-refractivity contribution in [3.05, 3.63) is 70.0 Å². The fourth-order valence-corrected chi connectivity index (χ4v) is 3.15. The maximum atomic E-state index is 13.2. The monoisotopic (exact) mass is 290 g/mol. The molecule has 0 saturated heterocycles. The van der Waals surface area contributed by atoms with Crippen LogP contribution in [0.5, 0.6) is 0 Å². The van der Waals surface area contributed by atoms with Crippen molar-refractivity contribution < 1.29 is 9.50 Å². The predicted molar refractivity (Wildman–Crippen MR) is 78.5 cm³/mol. The molecular formula is C17H16ClFO. The summed E-state index contributed by atoms with van der Waals surface area (Å²) >= 11 is 6.06. The molecule has 0 amide bonds. The predicted octanol–water partition coefficient (Wildman–Crippen LogP) is 3.80. The van der Waals surface area contributed by atoms with Gasteiger partial charge in [-0.15, -0.1) is 0 Å². The van der Waals surface area contributed by atoms with Gasteiger partial charge in [-0.1, -0.05) is 35.9 Å². The summed E-state index contributed by atoms with van der Waals surface area (Å²) in [6, 6.07) is 12.6. The van der Waals surface area contributed by atoms with Crippen molar-refractivity contribution >= 4 is 11.6 Å². The smallest absolute Gasteiger partial charge is 0.123 e. The average molecular weight is 291 g/mol. The van der Waals surface area contributed by atoms with E-state index in [2.05, 4.69) is 12.1 Å². The van der Waals surface area contributed by atoms with Gasteiger partial charge in [-0.2, -0.15) is 0 Å². The Morgan fingerprint density at radius 2 is 1.80 bits per heavy atom. The maximum absolute atomic E-state index is 13.2. The van der Waals surface area contributed by atoms with E-state index in [1.807, 2.05) is 12.1 Å². The summed E-state index contributed by atoms with van der Waals surface area (Å²) in [6.45, 7) is 0. The highest BCUT2D eigenvalue weighted by atomic mass is 35.5. The summed E-state index contributed by atoms with van der Waals surface area (Å²) in [5.41, 5.74) is 3.29. The first kappa shape index (κ1) is 13.6. The van der Waals surface area contributed by atoms with Crippen LogP contribution in [0.25, 0.3) is 0 Å². The Hall–Kier alpha value is -1.38. The van der Waals surface area contributed by atoms with Crippen LogP contribution in [0.2, 0.25) is 5.02 Å². The molecule has 3 rings (SSSR count). The van der Waals surface area contributed by atoms with Crippen LogP contribution in [0.4, 0.5) is 4.39 Å². The van der Waals surface area contributed by atoms with Crippen LogP contribution >= 0.6 is 11.6 Å². The van der Waals surface area contributed by atoms with E-state index in [9.17, 15) is 9.50 Å². The normalized spacial score (nSPS) is 16.1. The molecule has 1 aliphatic carbocycles. The van der Waals surface area contributed by atoms with Crippen molar-refractivity contribution in [3.63, 3.8) is 0 Å². The standard InChI is InChI=1S/C17H16ClFO/c18-16-6-5-15(19)9-13(16)10-17(20)14-7-11-3-1-2-4-12(11)8-14/h1-6,9,14,17,20H,7-8,10H2. The summed E-state index contributed by atoms with van der Waals surface area (Å²) in [5.74, 6) is -0.127. The van der Waals surface area contributed by atoms with Gasteiger partial charge in [-0.25, -0.2) is 4.39 Å². The Kier molecular flexibility index (Phi) is 3.77. The van der Waals surface area contributed by atoms with Crippen molar-refractivity contribution in [2.45, 2.75) is 25.4 Å². The van der Waals surface area contributed by atoms with Crippen LogP contribution in [-0.4, -0.2) is 11.2 Å². The SMILES string of the molecule is OC(Cc1cc(F)ccc1Cl)C1Cc2ccccc2C1. The fourth-order valence-electron chi connectivity index (χ4n) is 2.96. The van der Waals surface area contributed by atoms with Gasteiger partial charge < -0.3 is 5.11 Å². The highest BCUT2D eigenvalue weighted by molar-refractivity contribution is 6.31. The third kappa shape index (κ3) is 2.72. The third-order valence-electron chi connectivity index (χ3n) is 4.06. The molecule has 2 aromatic carbocycles. The van der Waals surface area contributed by atoms with Gasteiger partial charge in [-0.05, 0) is 53.6 Å². The van der Waals surface area contributed by atoms with Gasteiger partial charge in [0.05, 0.1) is 6.10 Å². The second-order valence-electron chi connectivity index (χ2n) is 5.44. The van der Waals surface area contributed by atoms with Crippen LogP contribution in [0.15, 0.2) is 42.5 Å². The molecule has 1 aliphatic rings. The van der Waals surface area contributed by atoms with Crippen LogP contribution in [-0.2, 0) is 19.3 Å². The fraction of sp³-hybridized carbons (Fsp3) is 0.294. The molecule has 0 fully saturated rings. The van der Waals surface area contributed by atoms with Crippen molar-refractivity contribution in [1.82, 2.24) is 0 Å². The van der Waals surface area contributed by atoms with Gasteiger partial charge in [0.15, 0.2) is 0 Å². The zero-order chi connectivity index (χ0) is 14.1. The Bertz CT molecular complexity index is 601. The topological polar surface area (TPSA) is 20.2 Å². The molecule has 0 radical (unpaired) electrons. The summed E-state index contributed by atoms with van der Waals surface area (Å²) < 4.78 is 13.2. The van der Waals surface area contributed by atoms with Crippen molar-refractivity contribution in [2.75, 3.05) is 0 Å². The Balaban J connectivity index is 1.72. The number of benzene rings is 2. The van der Waals surface area contributed by atoms with E-state index in [1.165, 1.54) is 23.3 Å². The van der Waals surface area contributed by atoms with Gasteiger partial charge >= 0.3 is 0 Å². The van der Waals surface area contributed by atoms with Crippen LogP contribution in [0.3, 0.4) is 0 Å². The molecular weight excluding hydrogens is 275 g/mol. The van der Waals surface area contributed by atoms with Gasteiger partial charge in [-0.3, -0.25) is 0 Å². The van der Waals surface area contributed by atoms with E-state index in [1.54, 1.807) is 6.07 Å². The molecule has 0 aromatic heterocycles. The lowest BCUT2D eigenvalue weighted by molar-refractivity contribution is 0.112. The molecule has 2 aromatic rings. The largest absolute Gasteiger partial charge is 0.392 e. The quantitative estimate of drug-likeness (QED) is 0.912. The van der Waals surface area contributed by atoms with Gasteiger partial charge in [0, 0.05) is 11.4 Å². The molecule has 1 unspecified atom stereocenters. The number of fused-ring (bicyclic) bond motifs is 1. The molecule has 104 valence electrons. The van der Waals surface area contributed by atoms with E-state index in [4.69, 9.17) is 11.6 Å². The van der Waals surface area contributed by atoms with E-state index in [-0.39, 0.29) is 11.7 Å².